The van der Waals surface area contributed by atoms with Gasteiger partial charge in [0.2, 0.25) is 0 Å². The third-order valence-electron chi connectivity index (χ3n) is 2.15. The van der Waals surface area contributed by atoms with Gasteiger partial charge in [-0.2, -0.15) is 0 Å². The molecule has 0 aliphatic heterocycles. The van der Waals surface area contributed by atoms with Crippen LogP contribution in [0.5, 0.6) is 0 Å². The Morgan fingerprint density at radius 3 is 2.38 bits per heavy atom. The normalized spacial score (nSPS) is 10.5. The number of nitrogens with two attached hydrogens (primary N) is 1. The van der Waals surface area contributed by atoms with Crippen molar-refractivity contribution in [1.29, 1.82) is 5.41 Å². The first-order chi connectivity index (χ1) is 6.02. The van der Waals surface area contributed by atoms with Gasteiger partial charge in [-0.15, -0.1) is 0 Å². The van der Waals surface area contributed by atoms with Crippen LogP contribution in [0.4, 0.5) is 5.69 Å². The Kier molecular flexibility index (Phi) is 2.71. The lowest BCUT2D eigenvalue weighted by Gasteiger charge is -2.09. The number of hydrogen-bond acceptors (Lipinski definition) is 2. The Balaban J connectivity index is 3.13. The second kappa shape index (κ2) is 3.60. The summed E-state index contributed by atoms with van der Waals surface area (Å²) in [7, 11) is 0. The number of benzene rings is 1. The van der Waals surface area contributed by atoms with E-state index in [0.717, 1.165) is 5.56 Å². The minimum Gasteiger partial charge on any atom is -0.398 e. The van der Waals surface area contributed by atoms with Gasteiger partial charge in [-0.05, 0) is 24.5 Å². The van der Waals surface area contributed by atoms with Crippen LogP contribution in [0.2, 0.25) is 0 Å². The zero-order chi connectivity index (χ0) is 10.0. The van der Waals surface area contributed by atoms with Gasteiger partial charge in [0.25, 0.3) is 0 Å². The average molecular weight is 176 g/mol. The van der Waals surface area contributed by atoms with Gasteiger partial charge in [-0.3, -0.25) is 0 Å². The number of hydrogen-bond donors (Lipinski definition) is 2. The van der Waals surface area contributed by atoms with Gasteiger partial charge < -0.3 is 11.1 Å². The highest BCUT2D eigenvalue weighted by Crippen LogP contribution is 2.20. The maximum Gasteiger partial charge on any atom is 0.0408 e. The second-order valence-electron chi connectivity index (χ2n) is 3.63. The molecule has 0 radical (unpaired) electrons. The first kappa shape index (κ1) is 9.78. The van der Waals surface area contributed by atoms with Crippen molar-refractivity contribution in [3.05, 3.63) is 29.3 Å². The van der Waals surface area contributed by atoms with Crippen molar-refractivity contribution < 1.29 is 0 Å². The SMILES string of the molecule is CC(=N)c1ccc(C(C)C)cc1N. The molecule has 70 valence electrons. The predicted octanol–water partition coefficient (Wildman–Crippen LogP) is 2.78. The summed E-state index contributed by atoms with van der Waals surface area (Å²) in [6.07, 6.45) is 0. The van der Waals surface area contributed by atoms with Gasteiger partial charge in [0.15, 0.2) is 0 Å². The summed E-state index contributed by atoms with van der Waals surface area (Å²) in [6, 6.07) is 5.92. The second-order valence-corrected chi connectivity index (χ2v) is 3.63. The number of anilines is 1. The average Bonchev–Trinajstić information content (AvgIpc) is 2.03. The molecule has 0 unspecified atom stereocenters. The van der Waals surface area contributed by atoms with E-state index in [1.807, 2.05) is 18.2 Å². The summed E-state index contributed by atoms with van der Waals surface area (Å²) in [5, 5.41) is 7.47. The summed E-state index contributed by atoms with van der Waals surface area (Å²) in [5.74, 6) is 0.488. The first-order valence-electron chi connectivity index (χ1n) is 4.47. The Morgan fingerprint density at radius 2 is 2.00 bits per heavy atom. The molecule has 0 spiro atoms. The summed E-state index contributed by atoms with van der Waals surface area (Å²) >= 11 is 0. The van der Waals surface area contributed by atoms with E-state index in [1.165, 1.54) is 5.56 Å². The van der Waals surface area contributed by atoms with E-state index in [-0.39, 0.29) is 0 Å². The Bertz CT molecular complexity index is 327. The maximum absolute atomic E-state index is 7.47. The van der Waals surface area contributed by atoms with Crippen LogP contribution < -0.4 is 5.73 Å². The molecule has 1 aromatic rings. The van der Waals surface area contributed by atoms with E-state index in [1.54, 1.807) is 6.92 Å². The largest absolute Gasteiger partial charge is 0.398 e. The maximum atomic E-state index is 7.47. The lowest BCUT2D eigenvalue weighted by Crippen LogP contribution is -2.01. The highest BCUT2D eigenvalue weighted by molar-refractivity contribution is 6.00. The molecule has 1 rings (SSSR count). The van der Waals surface area contributed by atoms with Crippen LogP contribution in [-0.2, 0) is 0 Å². The van der Waals surface area contributed by atoms with Gasteiger partial charge in [0, 0.05) is 17.0 Å². The topological polar surface area (TPSA) is 49.9 Å². The molecule has 2 nitrogen and oxygen atoms in total. The zero-order valence-corrected chi connectivity index (χ0v) is 8.39. The summed E-state index contributed by atoms with van der Waals surface area (Å²) in [6.45, 7) is 6.01. The quantitative estimate of drug-likeness (QED) is 0.528. The monoisotopic (exact) mass is 176 g/mol. The van der Waals surface area contributed by atoms with Crippen molar-refractivity contribution in [3.63, 3.8) is 0 Å². The highest BCUT2D eigenvalue weighted by Gasteiger charge is 2.04. The third kappa shape index (κ3) is 2.08. The van der Waals surface area contributed by atoms with Crippen molar-refractivity contribution in [2.75, 3.05) is 5.73 Å². The molecule has 0 amide bonds. The van der Waals surface area contributed by atoms with E-state index >= 15 is 0 Å². The summed E-state index contributed by atoms with van der Waals surface area (Å²) < 4.78 is 0. The molecule has 3 N–H and O–H groups in total. The fourth-order valence-corrected chi connectivity index (χ4v) is 1.28. The van der Waals surface area contributed by atoms with Crippen LogP contribution in [-0.4, -0.2) is 5.71 Å². The number of nitrogen functional groups attached to an aromatic ring is 1. The Hall–Kier alpha value is -1.31. The third-order valence-corrected chi connectivity index (χ3v) is 2.15. The Labute approximate surface area is 79.3 Å². The zero-order valence-electron chi connectivity index (χ0n) is 8.39. The van der Waals surface area contributed by atoms with E-state index < -0.39 is 0 Å². The summed E-state index contributed by atoms with van der Waals surface area (Å²) in [4.78, 5) is 0. The molecular weight excluding hydrogens is 160 g/mol. The molecule has 13 heavy (non-hydrogen) atoms. The van der Waals surface area contributed by atoms with Gasteiger partial charge >= 0.3 is 0 Å². The molecule has 0 heterocycles. The van der Waals surface area contributed by atoms with Crippen LogP contribution in [0, 0.1) is 5.41 Å². The fourth-order valence-electron chi connectivity index (χ4n) is 1.28. The summed E-state index contributed by atoms with van der Waals surface area (Å²) in [5.41, 5.74) is 9.11. The van der Waals surface area contributed by atoms with E-state index in [2.05, 4.69) is 13.8 Å². The van der Waals surface area contributed by atoms with Gasteiger partial charge in [0.1, 0.15) is 0 Å². The molecule has 1 aromatic carbocycles. The lowest BCUT2D eigenvalue weighted by molar-refractivity contribution is 0.867. The van der Waals surface area contributed by atoms with Crippen LogP contribution in [0.15, 0.2) is 18.2 Å². The van der Waals surface area contributed by atoms with E-state index in [0.29, 0.717) is 17.3 Å². The van der Waals surface area contributed by atoms with E-state index in [9.17, 15) is 0 Å². The van der Waals surface area contributed by atoms with Crippen molar-refractivity contribution in [3.8, 4) is 0 Å². The van der Waals surface area contributed by atoms with Crippen molar-refractivity contribution in [2.24, 2.45) is 0 Å². The van der Waals surface area contributed by atoms with Crippen LogP contribution in [0.1, 0.15) is 37.8 Å². The molecule has 0 aliphatic carbocycles. The van der Waals surface area contributed by atoms with Crippen LogP contribution >= 0.6 is 0 Å². The van der Waals surface area contributed by atoms with Crippen LogP contribution in [0.25, 0.3) is 0 Å². The Morgan fingerprint density at radius 1 is 1.38 bits per heavy atom. The van der Waals surface area contributed by atoms with Gasteiger partial charge in [-0.25, -0.2) is 0 Å². The predicted molar refractivity (Wildman–Crippen MR) is 57.4 cm³/mol. The minimum atomic E-state index is 0.488. The van der Waals surface area contributed by atoms with Crippen molar-refractivity contribution in [2.45, 2.75) is 26.7 Å². The molecular formula is C11H16N2. The number of rotatable bonds is 2. The van der Waals surface area contributed by atoms with Crippen molar-refractivity contribution >= 4 is 11.4 Å². The molecule has 0 bridgehead atoms. The van der Waals surface area contributed by atoms with Crippen molar-refractivity contribution in [1.82, 2.24) is 0 Å². The minimum absolute atomic E-state index is 0.488. The highest BCUT2D eigenvalue weighted by atomic mass is 14.6. The number of nitrogens with one attached hydrogen (secondary N) is 1. The fraction of sp³-hybridized carbons (Fsp3) is 0.364. The molecule has 0 saturated carbocycles. The van der Waals surface area contributed by atoms with E-state index in [4.69, 9.17) is 11.1 Å². The molecule has 0 atom stereocenters. The molecule has 0 aliphatic rings. The molecule has 0 fully saturated rings. The van der Waals surface area contributed by atoms with Gasteiger partial charge in [0.05, 0.1) is 0 Å². The first-order valence-corrected chi connectivity index (χ1v) is 4.47. The standard InChI is InChI=1S/C11H16N2/c1-7(2)9-4-5-10(8(3)12)11(13)6-9/h4-7,12H,13H2,1-3H3. The van der Waals surface area contributed by atoms with Crippen LogP contribution in [0.3, 0.4) is 0 Å². The lowest BCUT2D eigenvalue weighted by atomic mass is 9.99. The molecule has 2 heteroatoms. The van der Waals surface area contributed by atoms with Gasteiger partial charge in [-0.1, -0.05) is 26.0 Å². The molecule has 0 aromatic heterocycles. The smallest absolute Gasteiger partial charge is 0.0408 e. The molecule has 0 saturated heterocycles.